The zero-order valence-electron chi connectivity index (χ0n) is 12.3. The number of aromatic nitrogens is 1. The fourth-order valence-corrected chi connectivity index (χ4v) is 2.04. The minimum Gasteiger partial charge on any atom is -0.386 e. The summed E-state index contributed by atoms with van der Waals surface area (Å²) < 4.78 is 0. The van der Waals surface area contributed by atoms with Crippen LogP contribution in [0.25, 0.3) is 0 Å². The molecule has 0 aliphatic rings. The Balaban J connectivity index is 1.89. The largest absolute Gasteiger partial charge is 0.386 e. The van der Waals surface area contributed by atoms with Gasteiger partial charge in [0.2, 0.25) is 0 Å². The molecule has 6 heteroatoms. The third-order valence-corrected chi connectivity index (χ3v) is 3.43. The van der Waals surface area contributed by atoms with Gasteiger partial charge in [-0.25, -0.2) is 0 Å². The van der Waals surface area contributed by atoms with Crippen molar-refractivity contribution in [3.8, 4) is 6.07 Å². The number of hydrogen-bond acceptors (Lipinski definition) is 4. The summed E-state index contributed by atoms with van der Waals surface area (Å²) in [7, 11) is 0. The highest BCUT2D eigenvalue weighted by Crippen LogP contribution is 2.14. The number of rotatable bonds is 6. The highest BCUT2D eigenvalue weighted by atomic mass is 35.5. The fourth-order valence-electron chi connectivity index (χ4n) is 1.83. The first-order valence-electron chi connectivity index (χ1n) is 6.95. The number of carbonyl (C=O) groups is 1. The van der Waals surface area contributed by atoms with Gasteiger partial charge in [-0.3, -0.25) is 9.78 Å². The van der Waals surface area contributed by atoms with E-state index in [1.807, 2.05) is 36.4 Å². The van der Waals surface area contributed by atoms with Crippen molar-refractivity contribution in [2.24, 2.45) is 0 Å². The van der Waals surface area contributed by atoms with E-state index in [0.29, 0.717) is 11.6 Å². The average Bonchev–Trinajstić information content (AvgIpc) is 2.59. The van der Waals surface area contributed by atoms with Crippen molar-refractivity contribution in [1.29, 1.82) is 5.26 Å². The van der Waals surface area contributed by atoms with Crippen molar-refractivity contribution in [2.75, 3.05) is 0 Å². The zero-order chi connectivity index (χ0) is 16.5. The Bertz CT molecular complexity index is 738. The summed E-state index contributed by atoms with van der Waals surface area (Å²) in [5.74, 6) is -0.449. The molecule has 116 valence electrons. The molecule has 1 heterocycles. The topological polar surface area (TPSA) is 77.8 Å². The van der Waals surface area contributed by atoms with Crippen LogP contribution in [0.2, 0.25) is 5.02 Å². The van der Waals surface area contributed by atoms with Gasteiger partial charge in [-0.15, -0.1) is 0 Å². The van der Waals surface area contributed by atoms with Crippen molar-refractivity contribution in [2.45, 2.75) is 13.1 Å². The number of carbonyl (C=O) groups excluding carboxylic acids is 1. The summed E-state index contributed by atoms with van der Waals surface area (Å²) in [5.41, 5.74) is 1.81. The fraction of sp³-hybridized carbons (Fsp3) is 0.118. The van der Waals surface area contributed by atoms with Gasteiger partial charge in [-0.1, -0.05) is 29.8 Å². The lowest BCUT2D eigenvalue weighted by atomic mass is 10.2. The number of nitriles is 1. The molecule has 0 fully saturated rings. The maximum absolute atomic E-state index is 12.0. The molecule has 0 saturated heterocycles. The molecule has 0 aliphatic heterocycles. The second-order valence-electron chi connectivity index (χ2n) is 4.68. The first-order chi connectivity index (χ1) is 11.2. The summed E-state index contributed by atoms with van der Waals surface area (Å²) in [5, 5.41) is 15.3. The van der Waals surface area contributed by atoms with Crippen LogP contribution in [0, 0.1) is 11.3 Å². The standard InChI is InChI=1S/C17H15ClN4O/c18-16-4-2-1-3-14(16)12-22-17(23)15(9-19)11-21-10-13-5-7-20-8-6-13/h1-8,11,21H,10,12H2,(H,22,23)/b15-11-. The first-order valence-corrected chi connectivity index (χ1v) is 7.32. The molecule has 0 radical (unpaired) electrons. The molecule has 0 atom stereocenters. The van der Waals surface area contributed by atoms with E-state index in [9.17, 15) is 4.79 Å². The minimum atomic E-state index is -0.449. The van der Waals surface area contributed by atoms with Crippen molar-refractivity contribution >= 4 is 17.5 Å². The van der Waals surface area contributed by atoms with Gasteiger partial charge in [0.25, 0.3) is 5.91 Å². The number of nitrogens with one attached hydrogen (secondary N) is 2. The lowest BCUT2D eigenvalue weighted by molar-refractivity contribution is -0.117. The summed E-state index contributed by atoms with van der Waals surface area (Å²) >= 11 is 6.02. The van der Waals surface area contributed by atoms with E-state index in [1.54, 1.807) is 18.5 Å². The molecule has 2 rings (SSSR count). The summed E-state index contributed by atoms with van der Waals surface area (Å²) in [6.07, 6.45) is 4.77. The molecule has 5 nitrogen and oxygen atoms in total. The Hall–Kier alpha value is -2.84. The van der Waals surface area contributed by atoms with Gasteiger partial charge in [-0.2, -0.15) is 5.26 Å². The zero-order valence-corrected chi connectivity index (χ0v) is 13.0. The van der Waals surface area contributed by atoms with E-state index in [4.69, 9.17) is 16.9 Å². The van der Waals surface area contributed by atoms with E-state index in [1.165, 1.54) is 6.20 Å². The highest BCUT2D eigenvalue weighted by molar-refractivity contribution is 6.31. The normalized spacial score (nSPS) is 10.7. The number of hydrogen-bond donors (Lipinski definition) is 2. The molecular weight excluding hydrogens is 312 g/mol. The second-order valence-corrected chi connectivity index (χ2v) is 5.09. The Morgan fingerprint density at radius 2 is 1.96 bits per heavy atom. The van der Waals surface area contributed by atoms with Crippen LogP contribution >= 0.6 is 11.6 Å². The first kappa shape index (κ1) is 16.5. The molecule has 0 spiro atoms. The van der Waals surface area contributed by atoms with Gasteiger partial charge in [0.15, 0.2) is 0 Å². The van der Waals surface area contributed by atoms with Gasteiger partial charge >= 0.3 is 0 Å². The van der Waals surface area contributed by atoms with Crippen LogP contribution in [-0.4, -0.2) is 10.9 Å². The Morgan fingerprint density at radius 3 is 2.65 bits per heavy atom. The smallest absolute Gasteiger partial charge is 0.263 e. The third-order valence-electron chi connectivity index (χ3n) is 3.06. The molecule has 1 amide bonds. The van der Waals surface area contributed by atoms with Gasteiger partial charge in [0.05, 0.1) is 0 Å². The molecule has 1 aromatic heterocycles. The summed E-state index contributed by atoms with van der Waals surface area (Å²) in [6, 6.07) is 12.8. The molecule has 0 saturated carbocycles. The van der Waals surface area contributed by atoms with Crippen LogP contribution < -0.4 is 10.6 Å². The van der Waals surface area contributed by atoms with Gasteiger partial charge in [-0.05, 0) is 29.3 Å². The second kappa shape index (κ2) is 8.57. The van der Waals surface area contributed by atoms with E-state index < -0.39 is 5.91 Å². The number of pyridine rings is 1. The number of benzene rings is 1. The van der Waals surface area contributed by atoms with Crippen LogP contribution in [0.3, 0.4) is 0 Å². The quantitative estimate of drug-likeness (QED) is 0.631. The molecule has 0 unspecified atom stereocenters. The minimum absolute atomic E-state index is 0.00566. The third kappa shape index (κ3) is 5.13. The van der Waals surface area contributed by atoms with E-state index in [2.05, 4.69) is 15.6 Å². The number of amides is 1. The number of nitrogens with zero attached hydrogens (tertiary/aromatic N) is 2. The van der Waals surface area contributed by atoms with E-state index in [0.717, 1.165) is 11.1 Å². The highest BCUT2D eigenvalue weighted by Gasteiger charge is 2.09. The molecule has 2 N–H and O–H groups in total. The van der Waals surface area contributed by atoms with Crippen molar-refractivity contribution < 1.29 is 4.79 Å². The van der Waals surface area contributed by atoms with E-state index >= 15 is 0 Å². The molecule has 2 aromatic rings. The SMILES string of the molecule is N#C/C(=C/NCc1ccncc1)C(=O)NCc1ccccc1Cl. The Morgan fingerprint density at radius 1 is 1.22 bits per heavy atom. The molecule has 0 aliphatic carbocycles. The van der Waals surface area contributed by atoms with Crippen LogP contribution in [0.4, 0.5) is 0 Å². The molecule has 0 bridgehead atoms. The predicted molar refractivity (Wildman–Crippen MR) is 88.1 cm³/mol. The Kier molecular flexibility index (Phi) is 6.16. The van der Waals surface area contributed by atoms with Crippen molar-refractivity contribution in [3.05, 3.63) is 76.7 Å². The molecule has 1 aromatic carbocycles. The molecular formula is C17H15ClN4O. The maximum atomic E-state index is 12.0. The summed E-state index contributed by atoms with van der Waals surface area (Å²) in [6.45, 7) is 0.771. The molecule has 23 heavy (non-hydrogen) atoms. The van der Waals surface area contributed by atoms with E-state index in [-0.39, 0.29) is 12.1 Å². The van der Waals surface area contributed by atoms with Crippen molar-refractivity contribution in [3.63, 3.8) is 0 Å². The lowest BCUT2D eigenvalue weighted by Gasteiger charge is -2.06. The lowest BCUT2D eigenvalue weighted by Crippen LogP contribution is -2.25. The number of halogens is 1. The van der Waals surface area contributed by atoms with Crippen LogP contribution in [0.5, 0.6) is 0 Å². The average molecular weight is 327 g/mol. The van der Waals surface area contributed by atoms with Crippen LogP contribution in [0.15, 0.2) is 60.6 Å². The van der Waals surface area contributed by atoms with Crippen molar-refractivity contribution in [1.82, 2.24) is 15.6 Å². The van der Waals surface area contributed by atoms with Gasteiger partial charge in [0, 0.05) is 36.7 Å². The predicted octanol–water partition coefficient (Wildman–Crippen LogP) is 2.55. The Labute approximate surface area is 139 Å². The van der Waals surface area contributed by atoms with Crippen LogP contribution in [-0.2, 0) is 17.9 Å². The summed E-state index contributed by atoms with van der Waals surface area (Å²) in [4.78, 5) is 15.9. The van der Waals surface area contributed by atoms with Gasteiger partial charge < -0.3 is 10.6 Å². The monoisotopic (exact) mass is 326 g/mol. The van der Waals surface area contributed by atoms with Gasteiger partial charge in [0.1, 0.15) is 11.6 Å². The van der Waals surface area contributed by atoms with Crippen LogP contribution in [0.1, 0.15) is 11.1 Å². The maximum Gasteiger partial charge on any atom is 0.263 e.